The second kappa shape index (κ2) is 5.89. The first-order valence-corrected chi connectivity index (χ1v) is 5.07. The Morgan fingerprint density at radius 3 is 2.16 bits per heavy atom. The van der Waals surface area contributed by atoms with Crippen molar-refractivity contribution in [3.63, 3.8) is 0 Å². The molecule has 102 valence electrons. The molecule has 0 saturated carbocycles. The molecular weight excluding hydrogens is 262 g/mol. The highest BCUT2D eigenvalue weighted by Crippen LogP contribution is 2.08. The molecule has 1 aromatic rings. The maximum Gasteiger partial charge on any atom is 0.326 e. The molecule has 0 saturated heterocycles. The molecule has 1 rings (SSSR count). The highest BCUT2D eigenvalue weighted by atomic mass is 19.1. The lowest BCUT2D eigenvalue weighted by Gasteiger charge is -2.12. The van der Waals surface area contributed by atoms with Gasteiger partial charge in [-0.2, -0.15) is 0 Å². The van der Waals surface area contributed by atoms with E-state index in [1.807, 2.05) is 5.32 Å². The molecular formula is C11H10F2N2O4. The van der Waals surface area contributed by atoms with Crippen LogP contribution in [-0.4, -0.2) is 28.9 Å². The molecule has 0 spiro atoms. The quantitative estimate of drug-likeness (QED) is 0.702. The minimum absolute atomic E-state index is 0.395. The molecule has 0 radical (unpaired) electrons. The summed E-state index contributed by atoms with van der Waals surface area (Å²) in [6.07, 6.45) is -0.626. The van der Waals surface area contributed by atoms with Crippen LogP contribution in [0.15, 0.2) is 18.2 Å². The van der Waals surface area contributed by atoms with Gasteiger partial charge < -0.3 is 16.2 Å². The van der Waals surface area contributed by atoms with Crippen molar-refractivity contribution in [2.75, 3.05) is 0 Å². The van der Waals surface area contributed by atoms with Gasteiger partial charge in [-0.25, -0.2) is 13.6 Å². The van der Waals surface area contributed by atoms with Crippen LogP contribution in [-0.2, 0) is 9.59 Å². The SMILES string of the molecule is NC(=O)C[C@H](NC(=O)c1cc(F)cc(F)c1)C(=O)O. The molecule has 0 aromatic heterocycles. The minimum Gasteiger partial charge on any atom is -0.480 e. The number of benzene rings is 1. The number of carboxylic acids is 1. The van der Waals surface area contributed by atoms with E-state index >= 15 is 0 Å². The molecule has 0 fully saturated rings. The van der Waals surface area contributed by atoms with Crippen LogP contribution in [0.25, 0.3) is 0 Å². The number of nitrogens with two attached hydrogens (primary N) is 1. The van der Waals surface area contributed by atoms with Gasteiger partial charge in [0, 0.05) is 11.6 Å². The van der Waals surface area contributed by atoms with Crippen LogP contribution in [0.2, 0.25) is 0 Å². The lowest BCUT2D eigenvalue weighted by atomic mass is 10.1. The summed E-state index contributed by atoms with van der Waals surface area (Å²) in [5, 5.41) is 10.7. The van der Waals surface area contributed by atoms with Gasteiger partial charge in [0.15, 0.2) is 0 Å². The van der Waals surface area contributed by atoms with Crippen LogP contribution in [0.5, 0.6) is 0 Å². The van der Waals surface area contributed by atoms with Gasteiger partial charge in [0.1, 0.15) is 17.7 Å². The summed E-state index contributed by atoms with van der Waals surface area (Å²) in [4.78, 5) is 33.0. The number of primary amides is 1. The first kappa shape index (κ1) is 14.6. The third kappa shape index (κ3) is 4.34. The van der Waals surface area contributed by atoms with Crippen molar-refractivity contribution in [3.05, 3.63) is 35.4 Å². The van der Waals surface area contributed by atoms with Gasteiger partial charge in [-0.3, -0.25) is 9.59 Å². The average Bonchev–Trinajstić information content (AvgIpc) is 2.25. The number of rotatable bonds is 5. The number of carbonyl (C=O) groups is 3. The fourth-order valence-corrected chi connectivity index (χ4v) is 1.33. The predicted molar refractivity (Wildman–Crippen MR) is 59.1 cm³/mol. The highest BCUT2D eigenvalue weighted by molar-refractivity contribution is 5.97. The van der Waals surface area contributed by atoms with Crippen LogP contribution in [0, 0.1) is 11.6 Å². The summed E-state index contributed by atoms with van der Waals surface area (Å²) in [5.41, 5.74) is 4.43. The fourth-order valence-electron chi connectivity index (χ4n) is 1.33. The lowest BCUT2D eigenvalue weighted by molar-refractivity contribution is -0.140. The number of carbonyl (C=O) groups excluding carboxylic acids is 2. The average molecular weight is 272 g/mol. The molecule has 4 N–H and O–H groups in total. The topological polar surface area (TPSA) is 109 Å². The summed E-state index contributed by atoms with van der Waals surface area (Å²) in [6, 6.07) is 0.481. The van der Waals surface area contributed by atoms with Gasteiger partial charge in [0.25, 0.3) is 5.91 Å². The Bertz CT molecular complexity index is 513. The molecule has 0 aliphatic rings. The van der Waals surface area contributed by atoms with Crippen molar-refractivity contribution >= 4 is 17.8 Å². The number of carboxylic acid groups (broad SMARTS) is 1. The predicted octanol–water partition coefficient (Wildman–Crippen LogP) is 0.0232. The van der Waals surface area contributed by atoms with E-state index in [0.717, 1.165) is 12.1 Å². The number of nitrogens with one attached hydrogen (secondary N) is 1. The normalized spacial score (nSPS) is 11.7. The van der Waals surface area contributed by atoms with Crippen molar-refractivity contribution in [1.29, 1.82) is 0 Å². The van der Waals surface area contributed by atoms with Crippen molar-refractivity contribution in [2.45, 2.75) is 12.5 Å². The van der Waals surface area contributed by atoms with Crippen LogP contribution < -0.4 is 11.1 Å². The smallest absolute Gasteiger partial charge is 0.326 e. The second-order valence-corrected chi connectivity index (χ2v) is 3.69. The van der Waals surface area contributed by atoms with E-state index in [0.29, 0.717) is 6.07 Å². The van der Waals surface area contributed by atoms with E-state index in [4.69, 9.17) is 10.8 Å². The molecule has 0 aliphatic carbocycles. The van der Waals surface area contributed by atoms with Gasteiger partial charge in [0.2, 0.25) is 5.91 Å². The van der Waals surface area contributed by atoms with E-state index in [2.05, 4.69) is 0 Å². The molecule has 1 atom stereocenters. The standard InChI is InChI=1S/C11H10F2N2O4/c12-6-1-5(2-7(13)3-6)10(17)15-8(11(18)19)4-9(14)16/h1-3,8H,4H2,(H2,14,16)(H,15,17)(H,18,19)/t8-/m0/s1. The number of hydrogen-bond acceptors (Lipinski definition) is 3. The first-order chi connectivity index (χ1) is 8.79. The third-order valence-electron chi connectivity index (χ3n) is 2.13. The summed E-state index contributed by atoms with van der Waals surface area (Å²) < 4.78 is 25.8. The molecule has 0 bridgehead atoms. The zero-order valence-electron chi connectivity index (χ0n) is 9.52. The van der Waals surface area contributed by atoms with Crippen LogP contribution in [0.4, 0.5) is 8.78 Å². The minimum atomic E-state index is -1.56. The van der Waals surface area contributed by atoms with Crippen molar-refractivity contribution in [3.8, 4) is 0 Å². The summed E-state index contributed by atoms with van der Waals surface area (Å²) in [7, 11) is 0. The second-order valence-electron chi connectivity index (χ2n) is 3.69. The Morgan fingerprint density at radius 1 is 1.21 bits per heavy atom. The first-order valence-electron chi connectivity index (χ1n) is 5.07. The van der Waals surface area contributed by atoms with Crippen molar-refractivity contribution in [2.24, 2.45) is 5.73 Å². The number of amides is 2. The Kier molecular flexibility index (Phi) is 4.51. The Hall–Kier alpha value is -2.51. The van der Waals surface area contributed by atoms with Gasteiger partial charge in [-0.05, 0) is 12.1 Å². The van der Waals surface area contributed by atoms with Crippen LogP contribution in [0.1, 0.15) is 16.8 Å². The third-order valence-corrected chi connectivity index (χ3v) is 2.13. The molecule has 0 unspecified atom stereocenters. The summed E-state index contributed by atoms with van der Waals surface area (Å²) in [5.74, 6) is -5.40. The maximum absolute atomic E-state index is 12.9. The van der Waals surface area contributed by atoms with E-state index in [1.165, 1.54) is 0 Å². The van der Waals surface area contributed by atoms with Crippen LogP contribution >= 0.6 is 0 Å². The maximum atomic E-state index is 12.9. The molecule has 2 amide bonds. The van der Waals surface area contributed by atoms with E-state index in [-0.39, 0.29) is 0 Å². The Morgan fingerprint density at radius 2 is 1.74 bits per heavy atom. The largest absolute Gasteiger partial charge is 0.480 e. The number of aliphatic carboxylic acids is 1. The van der Waals surface area contributed by atoms with Crippen molar-refractivity contribution in [1.82, 2.24) is 5.32 Å². The van der Waals surface area contributed by atoms with Gasteiger partial charge in [-0.15, -0.1) is 0 Å². The van der Waals surface area contributed by atoms with E-state index in [1.54, 1.807) is 0 Å². The van der Waals surface area contributed by atoms with Gasteiger partial charge >= 0.3 is 5.97 Å². The molecule has 8 heteroatoms. The molecule has 0 aliphatic heterocycles. The van der Waals surface area contributed by atoms with Gasteiger partial charge in [-0.1, -0.05) is 0 Å². The van der Waals surface area contributed by atoms with Gasteiger partial charge in [0.05, 0.1) is 6.42 Å². The molecule has 19 heavy (non-hydrogen) atoms. The van der Waals surface area contributed by atoms with E-state index < -0.39 is 47.4 Å². The Labute approximate surface area is 106 Å². The van der Waals surface area contributed by atoms with Crippen LogP contribution in [0.3, 0.4) is 0 Å². The monoisotopic (exact) mass is 272 g/mol. The van der Waals surface area contributed by atoms with E-state index in [9.17, 15) is 23.2 Å². The Balaban J connectivity index is 2.87. The summed E-state index contributed by atoms with van der Waals surface area (Å²) >= 11 is 0. The summed E-state index contributed by atoms with van der Waals surface area (Å²) in [6.45, 7) is 0. The van der Waals surface area contributed by atoms with Crippen molar-refractivity contribution < 1.29 is 28.3 Å². The molecule has 6 nitrogen and oxygen atoms in total. The lowest BCUT2D eigenvalue weighted by Crippen LogP contribution is -2.43. The zero-order valence-corrected chi connectivity index (χ0v) is 9.52. The fraction of sp³-hybridized carbons (Fsp3) is 0.182. The number of hydrogen-bond donors (Lipinski definition) is 3. The highest BCUT2D eigenvalue weighted by Gasteiger charge is 2.23. The molecule has 0 heterocycles. The number of halogens is 2. The zero-order chi connectivity index (χ0) is 14.6. The molecule has 1 aromatic carbocycles.